The number of nitrogens with one attached hydrogen (secondary N) is 2. The van der Waals surface area contributed by atoms with Crippen molar-refractivity contribution in [3.63, 3.8) is 0 Å². The molecular weight excluding hydrogens is 420 g/mol. The Hall–Kier alpha value is -4.14. The number of anilines is 1. The van der Waals surface area contributed by atoms with E-state index < -0.39 is 4.92 Å². The van der Waals surface area contributed by atoms with E-state index in [4.69, 9.17) is 9.72 Å². The smallest absolute Gasteiger partial charge is 0.271 e. The summed E-state index contributed by atoms with van der Waals surface area (Å²) in [6.07, 6.45) is 6.71. The highest BCUT2D eigenvalue weighted by Crippen LogP contribution is 2.24. The van der Waals surface area contributed by atoms with Crippen LogP contribution in [0.2, 0.25) is 0 Å². The average Bonchev–Trinajstić information content (AvgIpc) is 3.26. The molecule has 2 N–H and O–H groups in total. The first kappa shape index (κ1) is 23.5. The van der Waals surface area contributed by atoms with Crippen molar-refractivity contribution in [2.24, 2.45) is 0 Å². The van der Waals surface area contributed by atoms with Crippen molar-refractivity contribution in [3.05, 3.63) is 88.5 Å². The molecule has 0 aliphatic rings. The zero-order valence-electron chi connectivity index (χ0n) is 19.0. The van der Waals surface area contributed by atoms with Crippen LogP contribution in [0, 0.1) is 10.1 Å². The van der Waals surface area contributed by atoms with E-state index in [0.29, 0.717) is 31.2 Å². The topological polar surface area (TPSA) is 107 Å². The van der Waals surface area contributed by atoms with Crippen LogP contribution in [0.4, 0.5) is 5.95 Å². The van der Waals surface area contributed by atoms with E-state index in [2.05, 4.69) is 22.2 Å². The van der Waals surface area contributed by atoms with Crippen LogP contribution in [0.15, 0.2) is 78.4 Å². The lowest BCUT2D eigenvalue weighted by molar-refractivity contribution is -0.420. The van der Waals surface area contributed by atoms with E-state index in [-0.39, 0.29) is 5.70 Å². The molecule has 9 nitrogen and oxygen atoms in total. The summed E-state index contributed by atoms with van der Waals surface area (Å²) >= 11 is 0. The summed E-state index contributed by atoms with van der Waals surface area (Å²) < 4.78 is 7.40. The number of aromatic nitrogens is 3. The van der Waals surface area contributed by atoms with Gasteiger partial charge in [-0.3, -0.25) is 14.5 Å². The predicted molar refractivity (Wildman–Crippen MR) is 130 cm³/mol. The molecule has 2 heterocycles. The van der Waals surface area contributed by atoms with Gasteiger partial charge < -0.3 is 15.4 Å². The fraction of sp³-hybridized carbons (Fsp3) is 0.250. The maximum atomic E-state index is 11.0. The SMILES string of the molecule is C=C(C)/C(=C\C=C(/C)NCCNc1nc(-c2ccc(OCC)cc2)cc2nccn12)[N+](=O)[O-]. The van der Waals surface area contributed by atoms with Gasteiger partial charge in [0.15, 0.2) is 0 Å². The molecule has 0 bridgehead atoms. The number of hydrogen-bond acceptors (Lipinski definition) is 7. The van der Waals surface area contributed by atoms with E-state index in [1.165, 1.54) is 6.08 Å². The molecule has 0 aliphatic heterocycles. The molecule has 0 spiro atoms. The highest BCUT2D eigenvalue weighted by molar-refractivity contribution is 5.66. The van der Waals surface area contributed by atoms with Crippen molar-refractivity contribution in [3.8, 4) is 17.0 Å². The van der Waals surface area contributed by atoms with Gasteiger partial charge in [0.25, 0.3) is 5.70 Å². The van der Waals surface area contributed by atoms with Gasteiger partial charge in [0.2, 0.25) is 5.95 Å². The third kappa shape index (κ3) is 6.19. The largest absolute Gasteiger partial charge is 0.494 e. The zero-order chi connectivity index (χ0) is 23.8. The second-order valence-electron chi connectivity index (χ2n) is 7.37. The molecule has 0 amide bonds. The van der Waals surface area contributed by atoms with Crippen LogP contribution in [-0.4, -0.2) is 39.0 Å². The number of nitrogens with zero attached hydrogens (tertiary/aromatic N) is 4. The molecule has 3 aromatic rings. The van der Waals surface area contributed by atoms with Gasteiger partial charge in [0.1, 0.15) is 11.4 Å². The minimum absolute atomic E-state index is 0.00733. The molecule has 0 fully saturated rings. The van der Waals surface area contributed by atoms with Crippen LogP contribution in [0.3, 0.4) is 0 Å². The van der Waals surface area contributed by atoms with Crippen molar-refractivity contribution in [2.75, 3.05) is 25.0 Å². The van der Waals surface area contributed by atoms with Crippen LogP contribution in [-0.2, 0) is 0 Å². The number of rotatable bonds is 11. The third-order valence-electron chi connectivity index (χ3n) is 4.79. The summed E-state index contributed by atoms with van der Waals surface area (Å²) in [6.45, 7) is 10.9. The molecule has 0 atom stereocenters. The monoisotopic (exact) mass is 448 g/mol. The Labute approximate surface area is 192 Å². The van der Waals surface area contributed by atoms with Crippen LogP contribution in [0.25, 0.3) is 16.9 Å². The molecule has 0 radical (unpaired) electrons. The fourth-order valence-corrected chi connectivity index (χ4v) is 3.14. The Kier molecular flexibility index (Phi) is 7.80. The first-order chi connectivity index (χ1) is 15.9. The quantitative estimate of drug-likeness (QED) is 0.193. The van der Waals surface area contributed by atoms with E-state index in [0.717, 1.165) is 28.4 Å². The lowest BCUT2D eigenvalue weighted by Gasteiger charge is -2.12. The number of ether oxygens (including phenoxy) is 1. The molecular formula is C24H28N6O3. The molecule has 0 aliphatic carbocycles. The molecule has 0 saturated carbocycles. The van der Waals surface area contributed by atoms with Gasteiger partial charge in [-0.25, -0.2) is 9.97 Å². The van der Waals surface area contributed by atoms with Crippen LogP contribution >= 0.6 is 0 Å². The Bertz CT molecular complexity index is 1180. The summed E-state index contributed by atoms with van der Waals surface area (Å²) in [5, 5.41) is 17.6. The molecule has 9 heteroatoms. The molecule has 0 unspecified atom stereocenters. The van der Waals surface area contributed by atoms with E-state index >= 15 is 0 Å². The van der Waals surface area contributed by atoms with Crippen molar-refractivity contribution in [1.82, 2.24) is 19.7 Å². The maximum absolute atomic E-state index is 11.0. The number of nitro groups is 1. The highest BCUT2D eigenvalue weighted by atomic mass is 16.6. The molecule has 2 aromatic heterocycles. The molecule has 1 aromatic carbocycles. The first-order valence-electron chi connectivity index (χ1n) is 10.6. The second kappa shape index (κ2) is 10.9. The lowest BCUT2D eigenvalue weighted by Crippen LogP contribution is -2.22. The van der Waals surface area contributed by atoms with Crippen molar-refractivity contribution >= 4 is 11.6 Å². The number of hydrogen-bond donors (Lipinski definition) is 2. The van der Waals surface area contributed by atoms with Crippen molar-refractivity contribution in [1.29, 1.82) is 0 Å². The van der Waals surface area contributed by atoms with E-state index in [9.17, 15) is 10.1 Å². The minimum Gasteiger partial charge on any atom is -0.494 e. The normalized spacial score (nSPS) is 12.0. The van der Waals surface area contributed by atoms with Crippen molar-refractivity contribution < 1.29 is 9.66 Å². The first-order valence-corrected chi connectivity index (χ1v) is 10.6. The predicted octanol–water partition coefficient (Wildman–Crippen LogP) is 4.44. The van der Waals surface area contributed by atoms with Crippen LogP contribution < -0.4 is 15.4 Å². The Morgan fingerprint density at radius 2 is 2.00 bits per heavy atom. The van der Waals surface area contributed by atoms with Gasteiger partial charge in [-0.15, -0.1) is 0 Å². The molecule has 0 saturated heterocycles. The fourth-order valence-electron chi connectivity index (χ4n) is 3.14. The second-order valence-corrected chi connectivity index (χ2v) is 7.37. The summed E-state index contributed by atoms with van der Waals surface area (Å²) in [6, 6.07) is 9.74. The van der Waals surface area contributed by atoms with E-state index in [1.54, 1.807) is 19.2 Å². The summed E-state index contributed by atoms with van der Waals surface area (Å²) in [5.74, 6) is 1.49. The number of imidazole rings is 1. The number of fused-ring (bicyclic) bond motifs is 1. The molecule has 3 rings (SSSR count). The summed E-state index contributed by atoms with van der Waals surface area (Å²) in [5.41, 5.74) is 3.77. The maximum Gasteiger partial charge on any atom is 0.271 e. The number of allylic oxidation sites excluding steroid dienone is 4. The highest BCUT2D eigenvalue weighted by Gasteiger charge is 2.10. The summed E-state index contributed by atoms with van der Waals surface area (Å²) in [7, 11) is 0. The van der Waals surface area contributed by atoms with Gasteiger partial charge in [0.05, 0.1) is 17.2 Å². The Balaban J connectivity index is 1.67. The molecule has 33 heavy (non-hydrogen) atoms. The van der Waals surface area contributed by atoms with Gasteiger partial charge in [0, 0.05) is 54.5 Å². The van der Waals surface area contributed by atoms with Gasteiger partial charge in [-0.05, 0) is 51.1 Å². The zero-order valence-corrected chi connectivity index (χ0v) is 19.0. The third-order valence-corrected chi connectivity index (χ3v) is 4.79. The lowest BCUT2D eigenvalue weighted by atomic mass is 10.1. The molecule has 172 valence electrons. The minimum atomic E-state index is -0.437. The van der Waals surface area contributed by atoms with Crippen LogP contribution in [0.5, 0.6) is 5.75 Å². The standard InChI is InChI=1S/C24H28N6O3/c1-5-33-20-9-7-19(8-10-20)21-16-23-26-14-15-29(23)24(28-21)27-13-12-25-18(4)6-11-22(17(2)3)30(31)32/h6-11,14-16,25H,2,5,12-13H2,1,3-4H3,(H,27,28)/b18-6+,22-11+. The van der Waals surface area contributed by atoms with Gasteiger partial charge in [-0.1, -0.05) is 6.58 Å². The van der Waals surface area contributed by atoms with Gasteiger partial charge in [-0.2, -0.15) is 0 Å². The Morgan fingerprint density at radius 3 is 2.67 bits per heavy atom. The number of benzene rings is 1. The Morgan fingerprint density at radius 1 is 1.24 bits per heavy atom. The van der Waals surface area contributed by atoms with E-state index in [1.807, 2.05) is 54.8 Å². The van der Waals surface area contributed by atoms with Crippen LogP contribution in [0.1, 0.15) is 20.8 Å². The average molecular weight is 449 g/mol. The van der Waals surface area contributed by atoms with Crippen molar-refractivity contribution in [2.45, 2.75) is 20.8 Å². The summed E-state index contributed by atoms with van der Waals surface area (Å²) in [4.78, 5) is 19.8. The van der Waals surface area contributed by atoms with Gasteiger partial charge >= 0.3 is 0 Å².